The van der Waals surface area contributed by atoms with Crippen LogP contribution in [-0.2, 0) is 14.3 Å². The minimum atomic E-state index is -1.11. The predicted octanol–water partition coefficient (Wildman–Crippen LogP) is 7.68. The van der Waals surface area contributed by atoms with Gasteiger partial charge in [-0.3, -0.25) is 14.5 Å². The van der Waals surface area contributed by atoms with Gasteiger partial charge in [-0.05, 0) is 80.4 Å². The minimum absolute atomic E-state index is 0.0937. The Balaban J connectivity index is 1.01. The van der Waals surface area contributed by atoms with E-state index in [1.54, 1.807) is 18.7 Å². The number of nitrogens with one attached hydrogen (secondary N) is 3. The number of rotatable bonds is 12. The summed E-state index contributed by atoms with van der Waals surface area (Å²) in [5.74, 6) is 1.50. The Morgan fingerprint density at radius 2 is 1.25 bits per heavy atom. The molecule has 2 saturated heterocycles. The molecule has 2 aliphatic heterocycles. The van der Waals surface area contributed by atoms with Crippen molar-refractivity contribution in [1.82, 2.24) is 40.0 Å². The number of likely N-dealkylation sites (N-methyl/N-ethyl adjacent to an activating group) is 1. The molecule has 5 aromatic rings. The van der Waals surface area contributed by atoms with Crippen molar-refractivity contribution in [3.63, 3.8) is 0 Å². The van der Waals surface area contributed by atoms with Crippen molar-refractivity contribution in [2.24, 2.45) is 0 Å². The number of imidazole rings is 2. The van der Waals surface area contributed by atoms with Gasteiger partial charge < -0.3 is 29.8 Å². The summed E-state index contributed by atoms with van der Waals surface area (Å²) >= 11 is 0. The van der Waals surface area contributed by atoms with E-state index in [9.17, 15) is 14.4 Å². The van der Waals surface area contributed by atoms with Crippen LogP contribution in [0.4, 0.5) is 4.79 Å². The lowest BCUT2D eigenvalue weighted by Gasteiger charge is -2.34. The second-order valence-corrected chi connectivity index (χ2v) is 15.1. The molecule has 56 heavy (non-hydrogen) atoms. The average molecular weight is 757 g/mol. The molecule has 0 aliphatic carbocycles. The fourth-order valence-corrected chi connectivity index (χ4v) is 8.21. The normalized spacial score (nSPS) is 17.7. The summed E-state index contributed by atoms with van der Waals surface area (Å²) in [6.07, 6.45) is 6.49. The van der Waals surface area contributed by atoms with Gasteiger partial charge in [0.05, 0.1) is 43.0 Å². The van der Waals surface area contributed by atoms with E-state index in [4.69, 9.17) is 9.72 Å². The zero-order valence-corrected chi connectivity index (χ0v) is 32.9. The average Bonchev–Trinajstić information content (AvgIpc) is 4.07. The van der Waals surface area contributed by atoms with Gasteiger partial charge in [-0.2, -0.15) is 0 Å². The molecule has 0 unspecified atom stereocenters. The molecule has 0 radical (unpaired) electrons. The zero-order chi connectivity index (χ0) is 39.4. The molecule has 292 valence electrons. The van der Waals surface area contributed by atoms with Crippen LogP contribution in [0.2, 0.25) is 0 Å². The first-order valence-corrected chi connectivity index (χ1v) is 19.7. The molecule has 3 aromatic carbocycles. The largest absolute Gasteiger partial charge is 0.453 e. The van der Waals surface area contributed by atoms with Gasteiger partial charge >= 0.3 is 6.09 Å². The number of methoxy groups -OCH3 is 1. The number of carbonyl (C=O) groups excluding carboxylic acids is 3. The Kier molecular flexibility index (Phi) is 11.4. The molecule has 2 fully saturated rings. The Labute approximate surface area is 328 Å². The fourth-order valence-electron chi connectivity index (χ4n) is 8.21. The van der Waals surface area contributed by atoms with Crippen LogP contribution in [0, 0.1) is 0 Å². The second kappa shape index (κ2) is 16.5. The third-order valence-electron chi connectivity index (χ3n) is 11.3. The van der Waals surface area contributed by atoms with Crippen molar-refractivity contribution in [2.45, 2.75) is 77.0 Å². The van der Waals surface area contributed by atoms with E-state index in [1.165, 1.54) is 7.11 Å². The number of carbonyl (C=O) groups is 3. The molecule has 12 nitrogen and oxygen atoms in total. The lowest BCUT2D eigenvalue weighted by Crippen LogP contribution is -2.55. The predicted molar refractivity (Wildman–Crippen MR) is 216 cm³/mol. The molecule has 0 bridgehead atoms. The van der Waals surface area contributed by atoms with Gasteiger partial charge in [0.1, 0.15) is 23.2 Å². The van der Waals surface area contributed by atoms with Crippen LogP contribution in [0.15, 0.2) is 91.3 Å². The molecule has 12 heteroatoms. The minimum Gasteiger partial charge on any atom is -0.453 e. The van der Waals surface area contributed by atoms with Crippen molar-refractivity contribution >= 4 is 17.9 Å². The van der Waals surface area contributed by atoms with Crippen LogP contribution >= 0.6 is 0 Å². The summed E-state index contributed by atoms with van der Waals surface area (Å²) in [5.41, 5.74) is 5.89. The molecule has 4 heterocycles. The summed E-state index contributed by atoms with van der Waals surface area (Å²) in [4.78, 5) is 62.0. The van der Waals surface area contributed by atoms with Crippen LogP contribution in [0.5, 0.6) is 0 Å². The van der Waals surface area contributed by atoms with E-state index in [0.717, 1.165) is 96.2 Å². The number of likely N-dealkylation sites (tertiary alicyclic amines) is 2. The zero-order valence-electron chi connectivity index (χ0n) is 32.9. The van der Waals surface area contributed by atoms with Gasteiger partial charge in [-0.15, -0.1) is 0 Å². The fraction of sp³-hybridized carbons (Fsp3) is 0.386. The van der Waals surface area contributed by atoms with Gasteiger partial charge in [-0.25, -0.2) is 14.8 Å². The Hall–Kier alpha value is -5.75. The standard InChI is InChI=1S/C44H52N8O4/c1-6-50(7-2)38(33-13-9-8-10-14-33)41(53)51-25-11-15-36(51)39-45-27-34(47-39)31-21-17-29(18-22-31)30-19-23-32(24-20-30)35-28-46-40(48-35)37-16-12-26-52(37)42(54)44(3,4)49-43(55)56-5/h8-10,13-14,17-24,27-28,36-38H,6-7,11-12,15-16,25-26H2,1-5H3,(H,45,47)(H,46,48)(H,49,55)/t36-,37-,38+/m0/s1. The molecule has 0 saturated carbocycles. The first-order valence-electron chi connectivity index (χ1n) is 19.7. The number of hydrogen-bond acceptors (Lipinski definition) is 7. The lowest BCUT2D eigenvalue weighted by molar-refractivity contribution is -0.139. The number of amides is 3. The molecule has 3 atom stereocenters. The van der Waals surface area contributed by atoms with Crippen molar-refractivity contribution in [3.05, 3.63) is 108 Å². The maximum absolute atomic E-state index is 14.2. The van der Waals surface area contributed by atoms with Crippen molar-refractivity contribution in [2.75, 3.05) is 33.3 Å². The summed E-state index contributed by atoms with van der Waals surface area (Å²) in [7, 11) is 1.28. The number of aromatic amines is 2. The van der Waals surface area contributed by atoms with E-state index >= 15 is 0 Å². The van der Waals surface area contributed by atoms with E-state index in [0.29, 0.717) is 6.54 Å². The first-order chi connectivity index (χ1) is 27.1. The number of aromatic nitrogens is 4. The van der Waals surface area contributed by atoms with Gasteiger partial charge in [-0.1, -0.05) is 92.7 Å². The van der Waals surface area contributed by atoms with Crippen LogP contribution in [0.1, 0.15) is 88.7 Å². The molecule has 3 N–H and O–H groups in total. The highest BCUT2D eigenvalue weighted by atomic mass is 16.5. The highest BCUT2D eigenvalue weighted by molar-refractivity contribution is 5.89. The van der Waals surface area contributed by atoms with E-state index in [1.807, 2.05) is 35.5 Å². The van der Waals surface area contributed by atoms with Gasteiger partial charge in [0.15, 0.2) is 0 Å². The quantitative estimate of drug-likeness (QED) is 0.119. The molecular formula is C44H52N8O4. The molecule has 2 aromatic heterocycles. The van der Waals surface area contributed by atoms with E-state index < -0.39 is 11.6 Å². The van der Waals surface area contributed by atoms with E-state index in [2.05, 4.69) is 99.7 Å². The molecule has 7 rings (SSSR count). The van der Waals surface area contributed by atoms with Crippen LogP contribution in [-0.4, -0.2) is 91.4 Å². The summed E-state index contributed by atoms with van der Waals surface area (Å²) in [6, 6.07) is 26.2. The molecular weight excluding hydrogens is 705 g/mol. The van der Waals surface area contributed by atoms with E-state index in [-0.39, 0.29) is 29.9 Å². The number of H-pyrrole nitrogens is 2. The molecule has 3 amide bonds. The van der Waals surface area contributed by atoms with Crippen molar-refractivity contribution < 1.29 is 19.1 Å². The van der Waals surface area contributed by atoms with Crippen LogP contribution < -0.4 is 5.32 Å². The molecule has 0 spiro atoms. The topological polar surface area (TPSA) is 140 Å². The Bertz CT molecular complexity index is 2120. The number of nitrogens with zero attached hydrogens (tertiary/aromatic N) is 5. The van der Waals surface area contributed by atoms with Gasteiger partial charge in [0.2, 0.25) is 11.8 Å². The van der Waals surface area contributed by atoms with Crippen molar-refractivity contribution in [1.29, 1.82) is 0 Å². The Morgan fingerprint density at radius 1 is 0.768 bits per heavy atom. The number of ether oxygens (including phenoxy) is 1. The number of alkyl carbamates (subject to hydrolysis) is 1. The van der Waals surface area contributed by atoms with Crippen molar-refractivity contribution in [3.8, 4) is 33.6 Å². The number of benzene rings is 3. The smallest absolute Gasteiger partial charge is 0.407 e. The van der Waals surface area contributed by atoms with Crippen LogP contribution in [0.3, 0.4) is 0 Å². The first kappa shape index (κ1) is 38.5. The Morgan fingerprint density at radius 3 is 1.75 bits per heavy atom. The highest BCUT2D eigenvalue weighted by Gasteiger charge is 2.41. The second-order valence-electron chi connectivity index (χ2n) is 15.1. The lowest BCUT2D eigenvalue weighted by atomic mass is 10.0. The monoisotopic (exact) mass is 756 g/mol. The third-order valence-corrected chi connectivity index (χ3v) is 11.3. The molecule has 2 aliphatic rings. The third kappa shape index (κ3) is 7.84. The maximum atomic E-state index is 14.2. The maximum Gasteiger partial charge on any atom is 0.407 e. The highest BCUT2D eigenvalue weighted by Crippen LogP contribution is 2.37. The number of hydrogen-bond donors (Lipinski definition) is 3. The van der Waals surface area contributed by atoms with Gasteiger partial charge in [0, 0.05) is 13.1 Å². The van der Waals surface area contributed by atoms with Crippen LogP contribution in [0.25, 0.3) is 33.6 Å². The van der Waals surface area contributed by atoms with Gasteiger partial charge in [0.25, 0.3) is 0 Å². The summed E-state index contributed by atoms with van der Waals surface area (Å²) in [5, 5.41) is 2.64. The SMILES string of the molecule is CCN(CC)[C@@H](C(=O)N1CCC[C@H]1c1ncc(-c2ccc(-c3ccc(-c4cnc([C@@H]5CCCN5C(=O)C(C)(C)NC(=O)OC)[nH]4)cc3)cc2)[nH]1)c1ccccc1. The summed E-state index contributed by atoms with van der Waals surface area (Å²) < 4.78 is 4.72. The summed E-state index contributed by atoms with van der Waals surface area (Å²) in [6.45, 7) is 10.5.